The molecule has 0 saturated carbocycles. The molecule has 3 heterocycles. The number of nitrogens with one attached hydrogen (secondary N) is 2. The van der Waals surface area contributed by atoms with E-state index in [-0.39, 0.29) is 11.6 Å². The van der Waals surface area contributed by atoms with Crippen LogP contribution < -0.4 is 5.32 Å². The van der Waals surface area contributed by atoms with E-state index in [0.29, 0.717) is 16.8 Å². The number of aromatic amines is 1. The standard InChI is InChI=1S/C21H16N6O/c1-12-8-14(10-22)11-23-19(12)21(28)25-15-6-7-17-16(9-15)20(27-26-17)18-5-3-4-13(2)24-18/h3-9,11H,1-2H3,(H,25,28)(H,26,27). The fourth-order valence-electron chi connectivity index (χ4n) is 3.03. The van der Waals surface area contributed by atoms with Gasteiger partial charge in [-0.1, -0.05) is 6.07 Å². The Bertz CT molecular complexity index is 1250. The van der Waals surface area contributed by atoms with Gasteiger partial charge in [0.25, 0.3) is 5.91 Å². The second kappa shape index (κ2) is 6.93. The summed E-state index contributed by atoms with van der Waals surface area (Å²) >= 11 is 0. The van der Waals surface area contributed by atoms with Crippen molar-refractivity contribution in [3.63, 3.8) is 0 Å². The minimum absolute atomic E-state index is 0.284. The number of carbonyl (C=O) groups excluding carboxylic acids is 1. The Labute approximate surface area is 161 Å². The van der Waals surface area contributed by atoms with Crippen LogP contribution in [-0.2, 0) is 0 Å². The first-order chi connectivity index (χ1) is 13.5. The average molecular weight is 368 g/mol. The summed E-state index contributed by atoms with van der Waals surface area (Å²) in [4.78, 5) is 21.3. The number of nitrogens with zero attached hydrogens (tertiary/aromatic N) is 4. The van der Waals surface area contributed by atoms with Gasteiger partial charge in [-0.25, -0.2) is 4.98 Å². The Morgan fingerprint density at radius 3 is 2.79 bits per heavy atom. The van der Waals surface area contributed by atoms with Gasteiger partial charge >= 0.3 is 0 Å². The summed E-state index contributed by atoms with van der Waals surface area (Å²) in [6.07, 6.45) is 1.39. The number of anilines is 1. The van der Waals surface area contributed by atoms with Gasteiger partial charge in [-0.05, 0) is 55.8 Å². The van der Waals surface area contributed by atoms with Gasteiger partial charge in [0.2, 0.25) is 0 Å². The summed E-state index contributed by atoms with van der Waals surface area (Å²) in [6.45, 7) is 3.68. The Balaban J connectivity index is 1.67. The average Bonchev–Trinajstić information content (AvgIpc) is 3.11. The first-order valence-electron chi connectivity index (χ1n) is 8.65. The largest absolute Gasteiger partial charge is 0.321 e. The zero-order chi connectivity index (χ0) is 19.7. The number of aryl methyl sites for hydroxylation is 2. The van der Waals surface area contributed by atoms with Gasteiger partial charge in [0.15, 0.2) is 0 Å². The van der Waals surface area contributed by atoms with E-state index in [1.807, 2.05) is 43.3 Å². The second-order valence-corrected chi connectivity index (χ2v) is 6.45. The maximum Gasteiger partial charge on any atom is 0.274 e. The molecular weight excluding hydrogens is 352 g/mol. The third-order valence-corrected chi connectivity index (χ3v) is 4.37. The molecule has 4 rings (SSSR count). The van der Waals surface area contributed by atoms with E-state index in [2.05, 4.69) is 25.5 Å². The summed E-state index contributed by atoms with van der Waals surface area (Å²) in [7, 11) is 0. The number of nitriles is 1. The van der Waals surface area contributed by atoms with E-state index in [1.165, 1.54) is 6.20 Å². The van der Waals surface area contributed by atoms with E-state index in [0.717, 1.165) is 28.0 Å². The van der Waals surface area contributed by atoms with Crippen molar-refractivity contribution in [2.75, 3.05) is 5.32 Å². The van der Waals surface area contributed by atoms with Gasteiger partial charge in [-0.3, -0.25) is 14.9 Å². The molecule has 0 spiro atoms. The lowest BCUT2D eigenvalue weighted by Gasteiger charge is -2.07. The SMILES string of the molecule is Cc1cccc(-c2n[nH]c3ccc(NC(=O)c4ncc(C#N)cc4C)cc23)n1. The molecule has 4 aromatic rings. The van der Waals surface area contributed by atoms with Gasteiger partial charge in [0.05, 0.1) is 16.8 Å². The molecule has 0 fully saturated rings. The van der Waals surface area contributed by atoms with Crippen molar-refractivity contribution in [3.05, 3.63) is 71.2 Å². The second-order valence-electron chi connectivity index (χ2n) is 6.45. The topological polar surface area (TPSA) is 107 Å². The monoisotopic (exact) mass is 368 g/mol. The Morgan fingerprint density at radius 2 is 2.04 bits per heavy atom. The van der Waals surface area contributed by atoms with Crippen LogP contribution in [0.4, 0.5) is 5.69 Å². The van der Waals surface area contributed by atoms with E-state index >= 15 is 0 Å². The summed E-state index contributed by atoms with van der Waals surface area (Å²) in [6, 6.07) is 14.9. The van der Waals surface area contributed by atoms with Crippen molar-refractivity contribution in [1.82, 2.24) is 20.2 Å². The number of pyridine rings is 2. The van der Waals surface area contributed by atoms with Crippen molar-refractivity contribution in [2.24, 2.45) is 0 Å². The predicted octanol–water partition coefficient (Wildman–Crippen LogP) is 3.76. The number of rotatable bonds is 3. The van der Waals surface area contributed by atoms with Crippen LogP contribution in [0.5, 0.6) is 0 Å². The van der Waals surface area contributed by atoms with Crippen LogP contribution in [0.2, 0.25) is 0 Å². The smallest absolute Gasteiger partial charge is 0.274 e. The van der Waals surface area contributed by atoms with Crippen LogP contribution in [0.3, 0.4) is 0 Å². The predicted molar refractivity (Wildman–Crippen MR) is 106 cm³/mol. The van der Waals surface area contributed by atoms with Crippen LogP contribution in [-0.4, -0.2) is 26.1 Å². The quantitative estimate of drug-likeness (QED) is 0.572. The van der Waals surface area contributed by atoms with Crippen molar-refractivity contribution in [3.8, 4) is 17.5 Å². The van der Waals surface area contributed by atoms with Crippen molar-refractivity contribution in [2.45, 2.75) is 13.8 Å². The summed E-state index contributed by atoms with van der Waals surface area (Å²) < 4.78 is 0. The summed E-state index contributed by atoms with van der Waals surface area (Å²) in [5.41, 5.74) is 5.21. The normalized spacial score (nSPS) is 10.6. The molecular formula is C21H16N6O. The van der Waals surface area contributed by atoms with Crippen LogP contribution >= 0.6 is 0 Å². The molecule has 0 atom stereocenters. The number of hydrogen-bond donors (Lipinski definition) is 2. The van der Waals surface area contributed by atoms with Gasteiger partial charge < -0.3 is 5.32 Å². The lowest BCUT2D eigenvalue weighted by Crippen LogP contribution is -2.15. The van der Waals surface area contributed by atoms with Gasteiger partial charge in [-0.15, -0.1) is 0 Å². The van der Waals surface area contributed by atoms with Crippen molar-refractivity contribution < 1.29 is 4.79 Å². The molecule has 0 bridgehead atoms. The fraction of sp³-hybridized carbons (Fsp3) is 0.0952. The lowest BCUT2D eigenvalue weighted by molar-refractivity contribution is 0.102. The van der Waals surface area contributed by atoms with Gasteiger partial charge in [0.1, 0.15) is 17.5 Å². The highest BCUT2D eigenvalue weighted by Gasteiger charge is 2.14. The zero-order valence-electron chi connectivity index (χ0n) is 15.3. The fourth-order valence-corrected chi connectivity index (χ4v) is 3.03. The van der Waals surface area contributed by atoms with Crippen LogP contribution in [0, 0.1) is 25.2 Å². The molecule has 0 aliphatic carbocycles. The molecule has 7 heteroatoms. The van der Waals surface area contributed by atoms with Crippen LogP contribution in [0.25, 0.3) is 22.3 Å². The Morgan fingerprint density at radius 1 is 1.18 bits per heavy atom. The molecule has 2 N–H and O–H groups in total. The highest BCUT2D eigenvalue weighted by atomic mass is 16.1. The zero-order valence-corrected chi connectivity index (χ0v) is 15.3. The molecule has 1 amide bonds. The third kappa shape index (κ3) is 3.19. The maximum absolute atomic E-state index is 12.6. The number of hydrogen-bond acceptors (Lipinski definition) is 5. The maximum atomic E-state index is 12.6. The summed E-state index contributed by atoms with van der Waals surface area (Å²) in [5, 5.41) is 20.0. The molecule has 0 radical (unpaired) electrons. The van der Waals surface area contributed by atoms with Crippen molar-refractivity contribution in [1.29, 1.82) is 5.26 Å². The molecule has 3 aromatic heterocycles. The molecule has 0 aliphatic rings. The summed E-state index contributed by atoms with van der Waals surface area (Å²) in [5.74, 6) is -0.333. The lowest BCUT2D eigenvalue weighted by atomic mass is 10.1. The number of carbonyl (C=O) groups is 1. The van der Waals surface area contributed by atoms with Gasteiger partial charge in [0, 0.05) is 23.0 Å². The van der Waals surface area contributed by atoms with Crippen molar-refractivity contribution >= 4 is 22.5 Å². The number of aromatic nitrogens is 4. The van der Waals surface area contributed by atoms with Crippen LogP contribution in [0.1, 0.15) is 27.3 Å². The molecule has 28 heavy (non-hydrogen) atoms. The third-order valence-electron chi connectivity index (χ3n) is 4.37. The molecule has 1 aromatic carbocycles. The minimum atomic E-state index is -0.333. The first-order valence-corrected chi connectivity index (χ1v) is 8.65. The number of amides is 1. The molecule has 0 saturated heterocycles. The first kappa shape index (κ1) is 17.4. The molecule has 136 valence electrons. The number of benzene rings is 1. The number of fused-ring (bicyclic) bond motifs is 1. The highest BCUT2D eigenvalue weighted by molar-refractivity contribution is 6.05. The van der Waals surface area contributed by atoms with E-state index in [1.54, 1.807) is 19.1 Å². The Hall–Kier alpha value is -4.05. The van der Waals surface area contributed by atoms with E-state index in [9.17, 15) is 4.79 Å². The van der Waals surface area contributed by atoms with Crippen LogP contribution in [0.15, 0.2) is 48.7 Å². The van der Waals surface area contributed by atoms with Gasteiger partial charge in [-0.2, -0.15) is 10.4 Å². The van der Waals surface area contributed by atoms with E-state index in [4.69, 9.17) is 5.26 Å². The number of H-pyrrole nitrogens is 1. The van der Waals surface area contributed by atoms with E-state index < -0.39 is 0 Å². The minimum Gasteiger partial charge on any atom is -0.321 e. The molecule has 7 nitrogen and oxygen atoms in total. The molecule has 0 unspecified atom stereocenters. The molecule has 0 aliphatic heterocycles. The highest BCUT2D eigenvalue weighted by Crippen LogP contribution is 2.27. The Kier molecular flexibility index (Phi) is 4.30.